The molecule has 134 valence electrons. The molecule has 0 saturated carbocycles. The second-order valence-corrected chi connectivity index (χ2v) is 5.71. The van der Waals surface area contributed by atoms with Crippen LogP contribution in [-0.4, -0.2) is 11.7 Å². The molecule has 0 aliphatic heterocycles. The summed E-state index contributed by atoms with van der Waals surface area (Å²) < 4.78 is 0. The van der Waals surface area contributed by atoms with E-state index in [0.29, 0.717) is 17.2 Å². The van der Waals surface area contributed by atoms with Crippen LogP contribution in [-0.2, 0) is 4.79 Å². The Morgan fingerprint density at radius 3 is 2.04 bits per heavy atom. The topological polar surface area (TPSA) is 78.2 Å². The second kappa shape index (κ2) is 9.05. The molecule has 1 amide bonds. The molecular weight excluding hydrogens is 338 g/mol. The van der Waals surface area contributed by atoms with Crippen LogP contribution < -0.4 is 10.7 Å². The van der Waals surface area contributed by atoms with Gasteiger partial charge < -0.3 is 5.32 Å². The minimum absolute atomic E-state index is 0.116. The molecule has 0 bridgehead atoms. The van der Waals surface area contributed by atoms with E-state index in [-0.39, 0.29) is 5.91 Å². The Balaban J connectivity index is 1.80. The Morgan fingerprint density at radius 2 is 1.41 bits per heavy atom. The van der Waals surface area contributed by atoms with Gasteiger partial charge in [0.05, 0.1) is 11.4 Å². The first-order valence-corrected chi connectivity index (χ1v) is 8.44. The van der Waals surface area contributed by atoms with E-state index in [4.69, 9.17) is 0 Å². The van der Waals surface area contributed by atoms with Crippen molar-refractivity contribution in [3.63, 3.8) is 0 Å². The number of hydrazone groups is 1. The van der Waals surface area contributed by atoms with Crippen molar-refractivity contribution in [3.8, 4) is 0 Å². The predicted molar refractivity (Wildman–Crippen MR) is 108 cm³/mol. The molecule has 0 aromatic heterocycles. The summed E-state index contributed by atoms with van der Waals surface area (Å²) in [6, 6.07) is 26.4. The lowest BCUT2D eigenvalue weighted by molar-refractivity contribution is -0.114. The first-order chi connectivity index (χ1) is 13.2. The van der Waals surface area contributed by atoms with Gasteiger partial charge in [0.15, 0.2) is 0 Å². The molecule has 0 fully saturated rings. The van der Waals surface area contributed by atoms with Crippen molar-refractivity contribution in [1.29, 1.82) is 0 Å². The number of azo groups is 1. The minimum atomic E-state index is -0.116. The van der Waals surface area contributed by atoms with Crippen LogP contribution in [0.1, 0.15) is 12.5 Å². The summed E-state index contributed by atoms with van der Waals surface area (Å²) in [7, 11) is 0. The molecule has 0 spiro atoms. The highest BCUT2D eigenvalue weighted by atomic mass is 16.1. The summed E-state index contributed by atoms with van der Waals surface area (Å²) in [5.41, 5.74) is 6.08. The summed E-state index contributed by atoms with van der Waals surface area (Å²) in [6.07, 6.45) is 0. The number of amidine groups is 1. The number of carbonyl (C=O) groups excluding carboxylic acids is 1. The van der Waals surface area contributed by atoms with Crippen LogP contribution in [0.3, 0.4) is 0 Å². The van der Waals surface area contributed by atoms with Crippen molar-refractivity contribution in [3.05, 3.63) is 90.5 Å². The van der Waals surface area contributed by atoms with E-state index in [1.165, 1.54) is 6.92 Å². The first-order valence-electron chi connectivity index (χ1n) is 8.44. The van der Waals surface area contributed by atoms with Crippen molar-refractivity contribution >= 4 is 28.8 Å². The number of rotatable bonds is 5. The molecular formula is C21H19N5O. The third kappa shape index (κ3) is 5.61. The van der Waals surface area contributed by atoms with Crippen molar-refractivity contribution in [2.24, 2.45) is 15.3 Å². The van der Waals surface area contributed by atoms with E-state index >= 15 is 0 Å². The first kappa shape index (κ1) is 18.0. The van der Waals surface area contributed by atoms with Crippen LogP contribution in [0.4, 0.5) is 17.1 Å². The number of anilines is 2. The van der Waals surface area contributed by atoms with Gasteiger partial charge in [0, 0.05) is 18.2 Å². The van der Waals surface area contributed by atoms with E-state index < -0.39 is 0 Å². The fourth-order valence-corrected chi connectivity index (χ4v) is 2.28. The zero-order chi connectivity index (χ0) is 18.9. The van der Waals surface area contributed by atoms with Crippen molar-refractivity contribution in [2.45, 2.75) is 6.92 Å². The largest absolute Gasteiger partial charge is 0.326 e. The summed E-state index contributed by atoms with van der Waals surface area (Å²) >= 11 is 0. The number of para-hydroxylation sites is 1. The number of hydrogen-bond donors (Lipinski definition) is 2. The average molecular weight is 357 g/mol. The highest BCUT2D eigenvalue weighted by molar-refractivity contribution is 5.99. The SMILES string of the molecule is CC(=O)Nc1ccc(N=NC(=NNc2ccccc2)c2ccccc2)cc1. The van der Waals surface area contributed by atoms with Crippen LogP contribution in [0.15, 0.2) is 100 Å². The van der Waals surface area contributed by atoms with Crippen LogP contribution in [0, 0.1) is 0 Å². The lowest BCUT2D eigenvalue weighted by atomic mass is 10.2. The number of benzene rings is 3. The molecule has 6 nitrogen and oxygen atoms in total. The maximum atomic E-state index is 11.1. The van der Waals surface area contributed by atoms with Crippen molar-refractivity contribution in [1.82, 2.24) is 0 Å². The third-order valence-electron chi connectivity index (χ3n) is 3.54. The quantitative estimate of drug-likeness (QED) is 0.285. The summed E-state index contributed by atoms with van der Waals surface area (Å²) in [4.78, 5) is 11.1. The Morgan fingerprint density at radius 1 is 0.778 bits per heavy atom. The summed E-state index contributed by atoms with van der Waals surface area (Å²) in [6.45, 7) is 1.47. The van der Waals surface area contributed by atoms with Crippen LogP contribution in [0.5, 0.6) is 0 Å². The van der Waals surface area contributed by atoms with Crippen molar-refractivity contribution < 1.29 is 4.79 Å². The van der Waals surface area contributed by atoms with Gasteiger partial charge in [-0.3, -0.25) is 10.2 Å². The number of amides is 1. The number of nitrogens with zero attached hydrogens (tertiary/aromatic N) is 3. The van der Waals surface area contributed by atoms with Gasteiger partial charge in [-0.05, 0) is 36.4 Å². The molecule has 0 radical (unpaired) electrons. The molecule has 0 unspecified atom stereocenters. The minimum Gasteiger partial charge on any atom is -0.326 e. The van der Waals surface area contributed by atoms with E-state index in [1.54, 1.807) is 24.3 Å². The fourth-order valence-electron chi connectivity index (χ4n) is 2.28. The molecule has 0 saturated heterocycles. The van der Waals surface area contributed by atoms with Crippen LogP contribution in [0.2, 0.25) is 0 Å². The second-order valence-electron chi connectivity index (χ2n) is 5.71. The number of hydrogen-bond acceptors (Lipinski definition) is 4. The molecule has 2 N–H and O–H groups in total. The zero-order valence-electron chi connectivity index (χ0n) is 14.8. The highest BCUT2D eigenvalue weighted by Gasteiger charge is 2.03. The van der Waals surface area contributed by atoms with Crippen LogP contribution >= 0.6 is 0 Å². The lowest BCUT2D eigenvalue weighted by Gasteiger charge is -2.04. The Kier molecular flexibility index (Phi) is 6.04. The molecule has 0 heterocycles. The zero-order valence-corrected chi connectivity index (χ0v) is 14.8. The van der Waals surface area contributed by atoms with Gasteiger partial charge in [0.1, 0.15) is 0 Å². The van der Waals surface area contributed by atoms with Crippen LogP contribution in [0.25, 0.3) is 0 Å². The van der Waals surface area contributed by atoms with E-state index in [1.807, 2.05) is 60.7 Å². The van der Waals surface area contributed by atoms with Gasteiger partial charge in [0.2, 0.25) is 11.7 Å². The molecule has 3 aromatic rings. The fraction of sp³-hybridized carbons (Fsp3) is 0.0476. The van der Waals surface area contributed by atoms with Gasteiger partial charge in [0.25, 0.3) is 0 Å². The van der Waals surface area contributed by atoms with E-state index in [9.17, 15) is 4.79 Å². The number of carbonyl (C=O) groups is 1. The Bertz CT molecular complexity index is 935. The van der Waals surface area contributed by atoms with E-state index in [0.717, 1.165) is 11.3 Å². The molecule has 0 aliphatic carbocycles. The summed E-state index contributed by atoms with van der Waals surface area (Å²) in [5.74, 6) is 0.347. The number of nitrogens with one attached hydrogen (secondary N) is 2. The molecule has 3 aromatic carbocycles. The molecule has 3 rings (SSSR count). The lowest BCUT2D eigenvalue weighted by Crippen LogP contribution is -2.04. The van der Waals surface area contributed by atoms with Gasteiger partial charge in [-0.2, -0.15) is 5.10 Å². The highest BCUT2D eigenvalue weighted by Crippen LogP contribution is 2.17. The smallest absolute Gasteiger partial charge is 0.221 e. The standard InChI is InChI=1S/C21H19N5O/c1-16(27)22-18-12-14-20(15-13-18)24-26-21(17-8-4-2-5-9-17)25-23-19-10-6-3-7-11-19/h2-15,23H,1H3,(H,22,27). The van der Waals surface area contributed by atoms with Gasteiger partial charge in [-0.15, -0.1) is 10.2 Å². The average Bonchev–Trinajstić information content (AvgIpc) is 2.70. The Labute approximate surface area is 157 Å². The maximum Gasteiger partial charge on any atom is 0.221 e. The predicted octanol–water partition coefficient (Wildman–Crippen LogP) is 5.20. The molecule has 6 heteroatoms. The van der Waals surface area contributed by atoms with Gasteiger partial charge in [-0.25, -0.2) is 0 Å². The summed E-state index contributed by atoms with van der Waals surface area (Å²) in [5, 5.41) is 15.7. The van der Waals surface area contributed by atoms with Gasteiger partial charge >= 0.3 is 0 Å². The molecule has 0 atom stereocenters. The maximum absolute atomic E-state index is 11.1. The molecule has 27 heavy (non-hydrogen) atoms. The monoisotopic (exact) mass is 357 g/mol. The van der Waals surface area contributed by atoms with E-state index in [2.05, 4.69) is 26.1 Å². The molecule has 0 aliphatic rings. The van der Waals surface area contributed by atoms with Crippen molar-refractivity contribution in [2.75, 3.05) is 10.7 Å². The van der Waals surface area contributed by atoms with Gasteiger partial charge in [-0.1, -0.05) is 48.5 Å². The third-order valence-corrected chi connectivity index (χ3v) is 3.54. The normalized spacial score (nSPS) is 11.4. The Hall–Kier alpha value is -3.80.